The number of aliphatic hydroxyl groups is 1. The van der Waals surface area contributed by atoms with Crippen LogP contribution in [0.15, 0.2) is 24.3 Å². The highest BCUT2D eigenvalue weighted by atomic mass is 31.2. The first kappa shape index (κ1) is 87.5. The van der Waals surface area contributed by atoms with E-state index in [1.165, 1.54) is 154 Å². The molecule has 90 heavy (non-hydrogen) atoms. The fourth-order valence-corrected chi connectivity index (χ4v) is 11.9. The second-order valence-electron chi connectivity index (χ2n) is 25.4. The zero-order valence-corrected chi connectivity index (χ0v) is 59.5. The summed E-state index contributed by atoms with van der Waals surface area (Å²) in [6, 6.07) is 0. The van der Waals surface area contributed by atoms with E-state index in [1.807, 2.05) is 0 Å². The predicted molar refractivity (Wildman–Crippen MR) is 363 cm³/mol. The number of phosphoric acid groups is 2. The molecule has 17 nitrogen and oxygen atoms in total. The average Bonchev–Trinajstić information content (AvgIpc) is 3.50. The molecule has 0 aromatic carbocycles. The summed E-state index contributed by atoms with van der Waals surface area (Å²) >= 11 is 0. The quantitative estimate of drug-likeness (QED) is 0.0169. The van der Waals surface area contributed by atoms with Crippen molar-refractivity contribution in [2.75, 3.05) is 39.6 Å². The molecule has 0 aliphatic rings. The molecular formula is C71H134O17P2. The van der Waals surface area contributed by atoms with Gasteiger partial charge in [0.1, 0.15) is 19.3 Å². The highest BCUT2D eigenvalue weighted by Crippen LogP contribution is 2.45. The molecule has 3 N–H and O–H groups in total. The maximum absolute atomic E-state index is 13.0. The number of esters is 4. The fraction of sp³-hybridized carbons (Fsp3) is 0.887. The van der Waals surface area contributed by atoms with Gasteiger partial charge in [-0.2, -0.15) is 0 Å². The Balaban J connectivity index is 5.27. The number of hydrogen-bond donors (Lipinski definition) is 3. The van der Waals surface area contributed by atoms with Crippen LogP contribution in [0.3, 0.4) is 0 Å². The topological polar surface area (TPSA) is 237 Å². The number of unbranched alkanes of at least 4 members (excludes halogenated alkanes) is 38. The van der Waals surface area contributed by atoms with Crippen LogP contribution in [0, 0.1) is 5.92 Å². The van der Waals surface area contributed by atoms with Crippen molar-refractivity contribution in [2.24, 2.45) is 5.92 Å². The number of phosphoric ester groups is 2. The van der Waals surface area contributed by atoms with Crippen molar-refractivity contribution in [3.05, 3.63) is 24.3 Å². The fourth-order valence-electron chi connectivity index (χ4n) is 10.3. The third-order valence-corrected chi connectivity index (χ3v) is 17.8. The summed E-state index contributed by atoms with van der Waals surface area (Å²) in [5, 5.41) is 10.6. The van der Waals surface area contributed by atoms with Crippen LogP contribution in [-0.2, 0) is 65.4 Å². The molecule has 0 bridgehead atoms. The molecule has 0 amide bonds. The van der Waals surface area contributed by atoms with E-state index >= 15 is 0 Å². The first-order valence-electron chi connectivity index (χ1n) is 36.5. The highest BCUT2D eigenvalue weighted by Gasteiger charge is 2.30. The third-order valence-electron chi connectivity index (χ3n) is 15.9. The van der Waals surface area contributed by atoms with Crippen LogP contribution in [0.5, 0.6) is 0 Å². The number of rotatable bonds is 69. The molecular weight excluding hydrogens is 1190 g/mol. The van der Waals surface area contributed by atoms with E-state index in [0.29, 0.717) is 31.6 Å². The van der Waals surface area contributed by atoms with Gasteiger partial charge in [-0.25, -0.2) is 9.13 Å². The number of ether oxygens (including phenoxy) is 4. The van der Waals surface area contributed by atoms with Gasteiger partial charge >= 0.3 is 39.5 Å². The molecule has 0 spiro atoms. The number of aliphatic hydroxyl groups excluding tert-OH is 1. The minimum atomic E-state index is -4.96. The zero-order chi connectivity index (χ0) is 66.3. The Bertz CT molecular complexity index is 1830. The van der Waals surface area contributed by atoms with Gasteiger partial charge in [0.05, 0.1) is 26.4 Å². The lowest BCUT2D eigenvalue weighted by Crippen LogP contribution is -2.30. The van der Waals surface area contributed by atoms with Crippen LogP contribution in [-0.4, -0.2) is 96.7 Å². The van der Waals surface area contributed by atoms with E-state index in [4.69, 9.17) is 37.0 Å². The standard InChI is InChI=1S/C71H134O17P2/c1-6-9-12-15-18-21-24-26-28-30-32-35-40-45-50-55-69(74)82-60-66(87-70(75)56-51-46-41-36-33-31-29-27-25-22-19-16-13-10-7-2)62-85-89(77,78)83-58-65(72)59-84-90(79,80)86-63-67(88-71(76)57-52-47-42-37-38-43-48-53-64(4)5)61-81-68(73)54-49-44-39-34-23-20-17-14-11-8-3/h22,25,27,29,64-67,72H,6-21,23-24,26,28,30-63H2,1-5H3,(H,77,78)(H,79,80)/b25-22-,29-27-/t65-,66-,67-/m1/s1. The molecule has 0 aliphatic heterocycles. The van der Waals surface area contributed by atoms with Crippen LogP contribution in [0.4, 0.5) is 0 Å². The van der Waals surface area contributed by atoms with Gasteiger partial charge in [0.15, 0.2) is 12.2 Å². The van der Waals surface area contributed by atoms with Crippen LogP contribution in [0.2, 0.25) is 0 Å². The summed E-state index contributed by atoms with van der Waals surface area (Å²) in [7, 11) is -9.91. The zero-order valence-electron chi connectivity index (χ0n) is 57.8. The lowest BCUT2D eigenvalue weighted by Gasteiger charge is -2.21. The number of hydrogen-bond acceptors (Lipinski definition) is 15. The molecule has 0 fully saturated rings. The Labute approximate surface area is 548 Å². The number of carbonyl (C=O) groups is 4. The molecule has 0 saturated heterocycles. The smallest absolute Gasteiger partial charge is 0.462 e. The van der Waals surface area contributed by atoms with Gasteiger partial charge in [-0.3, -0.25) is 37.3 Å². The SMILES string of the molecule is CCCCCC/C=C\C=C/CCCCCCCC(=O)O[C@H](COC(=O)CCCCCCCCCCCCCCCCC)COP(=O)(O)OC[C@@H](O)COP(=O)(O)OC[C@@H](COC(=O)CCCCCCCCCCCC)OC(=O)CCCCCCCCCC(C)C. The van der Waals surface area contributed by atoms with Crippen molar-refractivity contribution in [1.82, 2.24) is 0 Å². The van der Waals surface area contributed by atoms with E-state index in [1.54, 1.807) is 0 Å². The van der Waals surface area contributed by atoms with E-state index in [0.717, 1.165) is 103 Å². The van der Waals surface area contributed by atoms with E-state index < -0.39 is 97.5 Å². The molecule has 0 aromatic rings. The second-order valence-corrected chi connectivity index (χ2v) is 28.3. The molecule has 19 heteroatoms. The van der Waals surface area contributed by atoms with Gasteiger partial charge in [0.2, 0.25) is 0 Å². The van der Waals surface area contributed by atoms with Crippen LogP contribution in [0.25, 0.3) is 0 Å². The van der Waals surface area contributed by atoms with Gasteiger partial charge in [-0.1, -0.05) is 290 Å². The summed E-state index contributed by atoms with van der Waals surface area (Å²) in [4.78, 5) is 72.5. The minimum absolute atomic E-state index is 0.0855. The molecule has 5 atom stereocenters. The van der Waals surface area contributed by atoms with E-state index in [9.17, 15) is 43.2 Å². The molecule has 0 saturated carbocycles. The van der Waals surface area contributed by atoms with Crippen molar-refractivity contribution in [1.29, 1.82) is 0 Å². The molecule has 0 aliphatic carbocycles. The predicted octanol–water partition coefficient (Wildman–Crippen LogP) is 20.1. The largest absolute Gasteiger partial charge is 0.472 e. The van der Waals surface area contributed by atoms with Crippen molar-refractivity contribution < 1.29 is 80.2 Å². The Morgan fingerprint density at radius 1 is 0.344 bits per heavy atom. The van der Waals surface area contributed by atoms with Crippen molar-refractivity contribution in [2.45, 2.75) is 361 Å². The summed E-state index contributed by atoms with van der Waals surface area (Å²) in [5.41, 5.74) is 0. The Morgan fingerprint density at radius 3 is 0.911 bits per heavy atom. The Morgan fingerprint density at radius 2 is 0.600 bits per heavy atom. The van der Waals surface area contributed by atoms with Crippen LogP contribution < -0.4 is 0 Å². The number of carbonyl (C=O) groups excluding carboxylic acids is 4. The van der Waals surface area contributed by atoms with Crippen molar-refractivity contribution in [3.63, 3.8) is 0 Å². The van der Waals surface area contributed by atoms with Gasteiger partial charge in [-0.15, -0.1) is 0 Å². The van der Waals surface area contributed by atoms with Gasteiger partial charge in [0, 0.05) is 25.7 Å². The van der Waals surface area contributed by atoms with Crippen LogP contribution in [0.1, 0.15) is 343 Å². The number of allylic oxidation sites excluding steroid dienone is 4. The molecule has 0 rings (SSSR count). The summed E-state index contributed by atoms with van der Waals surface area (Å²) in [6.07, 6.45) is 53.6. The van der Waals surface area contributed by atoms with Gasteiger partial charge in [0.25, 0.3) is 0 Å². The van der Waals surface area contributed by atoms with Crippen molar-refractivity contribution >= 4 is 39.5 Å². The van der Waals surface area contributed by atoms with Gasteiger partial charge < -0.3 is 33.8 Å². The monoisotopic (exact) mass is 1320 g/mol. The first-order chi connectivity index (χ1) is 43.5. The summed E-state index contributed by atoms with van der Waals surface area (Å²) in [6.45, 7) is 7.11. The van der Waals surface area contributed by atoms with E-state index in [2.05, 4.69) is 58.9 Å². The molecule has 530 valence electrons. The summed E-state index contributed by atoms with van der Waals surface area (Å²) < 4.78 is 68.2. The Hall–Kier alpha value is -2.46. The lowest BCUT2D eigenvalue weighted by molar-refractivity contribution is -0.161. The van der Waals surface area contributed by atoms with Crippen molar-refractivity contribution in [3.8, 4) is 0 Å². The average molecular weight is 1320 g/mol. The molecule has 2 unspecified atom stereocenters. The second kappa shape index (κ2) is 63.9. The Kier molecular flexibility index (Phi) is 62.2. The van der Waals surface area contributed by atoms with Crippen LogP contribution >= 0.6 is 15.6 Å². The third kappa shape index (κ3) is 64.3. The lowest BCUT2D eigenvalue weighted by atomic mass is 10.0. The molecule has 0 aromatic heterocycles. The molecule has 0 heterocycles. The highest BCUT2D eigenvalue weighted by molar-refractivity contribution is 7.47. The maximum atomic E-state index is 13.0. The van der Waals surface area contributed by atoms with E-state index in [-0.39, 0.29) is 25.7 Å². The molecule has 0 radical (unpaired) electrons. The van der Waals surface area contributed by atoms with Gasteiger partial charge in [-0.05, 0) is 57.3 Å². The minimum Gasteiger partial charge on any atom is -0.462 e. The maximum Gasteiger partial charge on any atom is 0.472 e. The summed E-state index contributed by atoms with van der Waals surface area (Å²) in [5.74, 6) is -1.46. The normalized spacial score (nSPS) is 14.2. The first-order valence-corrected chi connectivity index (χ1v) is 39.4.